The predicted octanol–water partition coefficient (Wildman–Crippen LogP) is 8.50. The fourth-order valence-corrected chi connectivity index (χ4v) is 4.59. The first-order valence-electron chi connectivity index (χ1n) is 11.1. The summed E-state index contributed by atoms with van der Waals surface area (Å²) in [6.45, 7) is 16.8. The van der Waals surface area contributed by atoms with E-state index in [0.29, 0.717) is 0 Å². The number of rotatable bonds is 15. The maximum absolute atomic E-state index is 2.50. The van der Waals surface area contributed by atoms with Gasteiger partial charge in [0.25, 0.3) is 0 Å². The first-order valence-corrected chi connectivity index (χ1v) is 11.1. The summed E-state index contributed by atoms with van der Waals surface area (Å²) in [4.78, 5) is 0. The van der Waals surface area contributed by atoms with Crippen molar-refractivity contribution in [2.45, 2.75) is 119 Å². The summed E-state index contributed by atoms with van der Waals surface area (Å²) in [7, 11) is 0. The van der Waals surface area contributed by atoms with E-state index < -0.39 is 0 Å². The molecule has 0 fully saturated rings. The van der Waals surface area contributed by atoms with E-state index in [0.717, 1.165) is 29.6 Å². The summed E-state index contributed by atoms with van der Waals surface area (Å²) in [5.74, 6) is 4.77. The highest BCUT2D eigenvalue weighted by atomic mass is 14.3. The normalized spacial score (nSPS) is 16.0. The van der Waals surface area contributed by atoms with Crippen LogP contribution >= 0.6 is 0 Å². The van der Waals surface area contributed by atoms with Crippen molar-refractivity contribution in [2.75, 3.05) is 0 Å². The van der Waals surface area contributed by atoms with Crippen LogP contribution in [0.3, 0.4) is 0 Å². The van der Waals surface area contributed by atoms with E-state index in [4.69, 9.17) is 0 Å². The molecular formula is C23H48. The number of hydrogen-bond donors (Lipinski definition) is 0. The average Bonchev–Trinajstić information content (AvgIpc) is 2.59. The van der Waals surface area contributed by atoms with Gasteiger partial charge >= 0.3 is 0 Å². The van der Waals surface area contributed by atoms with Gasteiger partial charge in [0.05, 0.1) is 0 Å². The highest BCUT2D eigenvalue weighted by Gasteiger charge is 2.25. The van der Waals surface area contributed by atoms with Crippen molar-refractivity contribution in [1.82, 2.24) is 0 Å². The van der Waals surface area contributed by atoms with E-state index in [2.05, 4.69) is 48.5 Å². The second-order valence-electron chi connectivity index (χ2n) is 8.09. The lowest BCUT2D eigenvalue weighted by Crippen LogP contribution is -2.22. The van der Waals surface area contributed by atoms with Crippen LogP contribution in [-0.4, -0.2) is 0 Å². The van der Waals surface area contributed by atoms with Gasteiger partial charge in [-0.1, -0.05) is 113 Å². The topological polar surface area (TPSA) is 0 Å². The molecule has 0 aromatic heterocycles. The third-order valence-electron chi connectivity index (χ3n) is 6.89. The summed E-state index contributed by atoms with van der Waals surface area (Å²) < 4.78 is 0. The van der Waals surface area contributed by atoms with E-state index in [1.165, 1.54) is 70.6 Å². The Kier molecular flexibility index (Phi) is 14.4. The van der Waals surface area contributed by atoms with Crippen LogP contribution in [0, 0.1) is 29.6 Å². The minimum absolute atomic E-state index is 0.903. The zero-order chi connectivity index (χ0) is 17.7. The molecule has 0 rings (SSSR count). The third kappa shape index (κ3) is 9.16. The Bertz CT molecular complexity index is 236. The Morgan fingerprint density at radius 3 is 1.48 bits per heavy atom. The molecule has 0 aliphatic heterocycles. The largest absolute Gasteiger partial charge is 0.0651 e. The molecule has 0 nitrogen and oxygen atoms in total. The molecule has 0 saturated carbocycles. The molecule has 140 valence electrons. The van der Waals surface area contributed by atoms with Crippen LogP contribution in [0.1, 0.15) is 119 Å². The molecule has 0 heterocycles. The highest BCUT2D eigenvalue weighted by Crippen LogP contribution is 2.35. The van der Waals surface area contributed by atoms with Crippen LogP contribution in [0.4, 0.5) is 0 Å². The molecule has 0 bridgehead atoms. The van der Waals surface area contributed by atoms with Crippen LogP contribution in [0.25, 0.3) is 0 Å². The lowest BCUT2D eigenvalue weighted by molar-refractivity contribution is 0.184. The molecule has 3 unspecified atom stereocenters. The molecule has 0 spiro atoms. The van der Waals surface area contributed by atoms with Crippen molar-refractivity contribution in [3.63, 3.8) is 0 Å². The zero-order valence-electron chi connectivity index (χ0n) is 17.7. The molecule has 0 aliphatic carbocycles. The summed E-state index contributed by atoms with van der Waals surface area (Å²) in [5, 5.41) is 0. The molecule has 0 aromatic rings. The van der Waals surface area contributed by atoms with Crippen molar-refractivity contribution in [3.05, 3.63) is 0 Å². The molecule has 0 radical (unpaired) electrons. The van der Waals surface area contributed by atoms with Crippen LogP contribution < -0.4 is 0 Å². The minimum atomic E-state index is 0.903. The highest BCUT2D eigenvalue weighted by molar-refractivity contribution is 4.75. The molecule has 0 aliphatic rings. The van der Waals surface area contributed by atoms with E-state index in [1.807, 2.05) is 0 Å². The first-order chi connectivity index (χ1) is 11.1. The van der Waals surface area contributed by atoms with Crippen molar-refractivity contribution in [2.24, 2.45) is 29.6 Å². The van der Waals surface area contributed by atoms with Gasteiger partial charge in [-0.25, -0.2) is 0 Å². The summed E-state index contributed by atoms with van der Waals surface area (Å²) in [6, 6.07) is 0. The van der Waals surface area contributed by atoms with Crippen LogP contribution in [0.15, 0.2) is 0 Å². The van der Waals surface area contributed by atoms with Gasteiger partial charge in [0.2, 0.25) is 0 Å². The third-order valence-corrected chi connectivity index (χ3v) is 6.89. The Balaban J connectivity index is 4.64. The standard InChI is InChI=1S/C23H48/c1-8-19(7)23(13-6)22(18-17-21(11-4)12-5)16-14-15-20(9-2)10-3/h19-23H,8-18H2,1-7H3. The Labute approximate surface area is 149 Å². The van der Waals surface area contributed by atoms with Crippen LogP contribution in [0.2, 0.25) is 0 Å². The van der Waals surface area contributed by atoms with Gasteiger partial charge in [-0.3, -0.25) is 0 Å². The molecule has 0 aromatic carbocycles. The van der Waals surface area contributed by atoms with Crippen LogP contribution in [-0.2, 0) is 0 Å². The molecule has 0 amide bonds. The van der Waals surface area contributed by atoms with Gasteiger partial charge in [0.15, 0.2) is 0 Å². The quantitative estimate of drug-likeness (QED) is 0.283. The summed E-state index contributed by atoms with van der Waals surface area (Å²) >= 11 is 0. The van der Waals surface area contributed by atoms with Crippen molar-refractivity contribution < 1.29 is 0 Å². The van der Waals surface area contributed by atoms with Gasteiger partial charge in [-0.2, -0.15) is 0 Å². The first kappa shape index (κ1) is 23.0. The monoisotopic (exact) mass is 324 g/mol. The van der Waals surface area contributed by atoms with E-state index in [1.54, 1.807) is 0 Å². The van der Waals surface area contributed by atoms with Crippen LogP contribution in [0.5, 0.6) is 0 Å². The zero-order valence-corrected chi connectivity index (χ0v) is 17.7. The SMILES string of the molecule is CCC(CC)CCCC(CCC(CC)CC)C(CC)C(C)CC. The molecule has 0 saturated heterocycles. The Hall–Kier alpha value is 0. The van der Waals surface area contributed by atoms with Gasteiger partial charge in [-0.05, 0) is 36.0 Å². The fourth-order valence-electron chi connectivity index (χ4n) is 4.59. The molecule has 0 heteroatoms. The maximum atomic E-state index is 2.50. The Morgan fingerprint density at radius 1 is 0.522 bits per heavy atom. The second-order valence-corrected chi connectivity index (χ2v) is 8.09. The average molecular weight is 325 g/mol. The predicted molar refractivity (Wildman–Crippen MR) is 108 cm³/mol. The second kappa shape index (κ2) is 14.4. The van der Waals surface area contributed by atoms with Crippen molar-refractivity contribution in [1.29, 1.82) is 0 Å². The number of hydrogen-bond acceptors (Lipinski definition) is 0. The van der Waals surface area contributed by atoms with E-state index >= 15 is 0 Å². The molecule has 0 N–H and O–H groups in total. The smallest absolute Gasteiger partial charge is 0.0363 e. The molecule has 23 heavy (non-hydrogen) atoms. The lowest BCUT2D eigenvalue weighted by atomic mass is 9.73. The lowest BCUT2D eigenvalue weighted by Gasteiger charge is -2.32. The van der Waals surface area contributed by atoms with Crippen molar-refractivity contribution in [3.8, 4) is 0 Å². The van der Waals surface area contributed by atoms with Crippen molar-refractivity contribution >= 4 is 0 Å². The van der Waals surface area contributed by atoms with Gasteiger partial charge in [0, 0.05) is 0 Å². The summed E-state index contributed by atoms with van der Waals surface area (Å²) in [6.07, 6.45) is 15.6. The molecular weight excluding hydrogens is 276 g/mol. The fraction of sp³-hybridized carbons (Fsp3) is 1.00. The van der Waals surface area contributed by atoms with Gasteiger partial charge < -0.3 is 0 Å². The van der Waals surface area contributed by atoms with Gasteiger partial charge in [0.1, 0.15) is 0 Å². The minimum Gasteiger partial charge on any atom is -0.0651 e. The van der Waals surface area contributed by atoms with E-state index in [-0.39, 0.29) is 0 Å². The van der Waals surface area contributed by atoms with Gasteiger partial charge in [-0.15, -0.1) is 0 Å². The molecule has 3 atom stereocenters. The Morgan fingerprint density at radius 2 is 1.04 bits per heavy atom. The summed E-state index contributed by atoms with van der Waals surface area (Å²) in [5.41, 5.74) is 0. The van der Waals surface area contributed by atoms with E-state index in [9.17, 15) is 0 Å². The maximum Gasteiger partial charge on any atom is -0.0363 e.